The van der Waals surface area contributed by atoms with E-state index < -0.39 is 10.0 Å². The molecule has 5 nitrogen and oxygen atoms in total. The maximum absolute atomic E-state index is 12.5. The Balaban J connectivity index is 0.00000242. The van der Waals surface area contributed by atoms with Crippen LogP contribution in [0.25, 0.3) is 0 Å². The van der Waals surface area contributed by atoms with Crippen molar-refractivity contribution in [1.82, 2.24) is 4.72 Å². The first-order chi connectivity index (χ1) is 9.83. The Bertz CT molecular complexity index is 615. The number of halogens is 2. The van der Waals surface area contributed by atoms with Crippen LogP contribution in [-0.2, 0) is 10.0 Å². The van der Waals surface area contributed by atoms with Gasteiger partial charge in [-0.2, -0.15) is 0 Å². The van der Waals surface area contributed by atoms with Crippen LogP contribution in [0.1, 0.15) is 31.2 Å². The average Bonchev–Trinajstić information content (AvgIpc) is 2.43. The molecule has 1 aliphatic rings. The number of nitrogens with one attached hydrogen (secondary N) is 1. The largest absolute Gasteiger partial charge is 0.495 e. The summed E-state index contributed by atoms with van der Waals surface area (Å²) in [4.78, 5) is 0.197. The second kappa shape index (κ2) is 7.84. The van der Waals surface area contributed by atoms with E-state index in [1.165, 1.54) is 13.2 Å². The SMILES string of the molecule is COc1cc(C)c(S(=O)(=O)NC2CCC(N)CC2)cc1Cl.Cl. The fraction of sp³-hybridized carbons (Fsp3) is 0.571. The molecule has 1 aromatic rings. The van der Waals surface area contributed by atoms with Crippen LogP contribution in [-0.4, -0.2) is 27.6 Å². The molecule has 8 heteroatoms. The molecule has 0 saturated heterocycles. The molecule has 2 rings (SSSR count). The van der Waals surface area contributed by atoms with Crippen LogP contribution in [0.5, 0.6) is 5.75 Å². The number of hydrogen-bond acceptors (Lipinski definition) is 4. The van der Waals surface area contributed by atoms with Crippen molar-refractivity contribution < 1.29 is 13.2 Å². The molecular weight excluding hydrogens is 347 g/mol. The minimum Gasteiger partial charge on any atom is -0.495 e. The Labute approximate surface area is 143 Å². The lowest BCUT2D eigenvalue weighted by Crippen LogP contribution is -2.40. The highest BCUT2D eigenvalue weighted by molar-refractivity contribution is 7.89. The summed E-state index contributed by atoms with van der Waals surface area (Å²) in [5, 5.41) is 0.286. The number of hydrogen-bond donors (Lipinski definition) is 2. The van der Waals surface area contributed by atoms with Crippen LogP contribution in [0.3, 0.4) is 0 Å². The van der Waals surface area contributed by atoms with Crippen molar-refractivity contribution in [2.24, 2.45) is 5.73 Å². The van der Waals surface area contributed by atoms with Crippen molar-refractivity contribution in [2.75, 3.05) is 7.11 Å². The minimum absolute atomic E-state index is 0. The van der Waals surface area contributed by atoms with Gasteiger partial charge in [-0.15, -0.1) is 12.4 Å². The van der Waals surface area contributed by atoms with Crippen LogP contribution in [0.15, 0.2) is 17.0 Å². The van der Waals surface area contributed by atoms with Crippen molar-refractivity contribution in [1.29, 1.82) is 0 Å². The van der Waals surface area contributed by atoms with Gasteiger partial charge in [-0.3, -0.25) is 0 Å². The summed E-state index contributed by atoms with van der Waals surface area (Å²) in [6.07, 6.45) is 3.22. The zero-order chi connectivity index (χ0) is 15.6. The maximum Gasteiger partial charge on any atom is 0.241 e. The molecule has 0 unspecified atom stereocenters. The summed E-state index contributed by atoms with van der Waals surface area (Å²) in [6, 6.07) is 3.19. The van der Waals surface area contributed by atoms with Gasteiger partial charge in [0.15, 0.2) is 0 Å². The Morgan fingerprint density at radius 1 is 1.27 bits per heavy atom. The van der Waals surface area contributed by atoms with E-state index in [-0.39, 0.29) is 34.4 Å². The van der Waals surface area contributed by atoms with Gasteiger partial charge in [0.05, 0.1) is 17.0 Å². The average molecular weight is 369 g/mol. The molecule has 0 bridgehead atoms. The summed E-state index contributed by atoms with van der Waals surface area (Å²) in [6.45, 7) is 1.73. The first-order valence-corrected chi connectivity index (χ1v) is 8.81. The molecule has 0 radical (unpaired) electrons. The third-order valence-electron chi connectivity index (χ3n) is 3.83. The van der Waals surface area contributed by atoms with Crippen molar-refractivity contribution in [3.05, 3.63) is 22.7 Å². The Kier molecular flexibility index (Phi) is 6.95. The lowest BCUT2D eigenvalue weighted by molar-refractivity contribution is 0.373. The Morgan fingerprint density at radius 2 is 1.86 bits per heavy atom. The van der Waals surface area contributed by atoms with E-state index in [2.05, 4.69) is 4.72 Å². The van der Waals surface area contributed by atoms with Gasteiger partial charge in [0.25, 0.3) is 0 Å². The number of aryl methyl sites for hydroxylation is 1. The molecule has 0 amide bonds. The highest BCUT2D eigenvalue weighted by Crippen LogP contribution is 2.30. The van der Waals surface area contributed by atoms with E-state index in [1.54, 1.807) is 13.0 Å². The van der Waals surface area contributed by atoms with Crippen LogP contribution in [0.2, 0.25) is 5.02 Å². The van der Waals surface area contributed by atoms with E-state index >= 15 is 0 Å². The van der Waals surface area contributed by atoms with Gasteiger partial charge in [0.1, 0.15) is 5.75 Å². The molecular formula is C14H22Cl2N2O3S. The molecule has 22 heavy (non-hydrogen) atoms. The lowest BCUT2D eigenvalue weighted by atomic mass is 9.93. The molecule has 1 aliphatic carbocycles. The third-order valence-corrected chi connectivity index (χ3v) is 5.79. The van der Waals surface area contributed by atoms with Crippen molar-refractivity contribution in [3.63, 3.8) is 0 Å². The van der Waals surface area contributed by atoms with Crippen molar-refractivity contribution >= 4 is 34.0 Å². The topological polar surface area (TPSA) is 81.4 Å². The number of nitrogens with two attached hydrogens (primary N) is 1. The van der Waals surface area contributed by atoms with Crippen LogP contribution in [0, 0.1) is 6.92 Å². The molecule has 0 heterocycles. The van der Waals surface area contributed by atoms with Gasteiger partial charge in [-0.25, -0.2) is 13.1 Å². The van der Waals surface area contributed by atoms with Crippen LogP contribution < -0.4 is 15.2 Å². The smallest absolute Gasteiger partial charge is 0.241 e. The second-order valence-electron chi connectivity index (χ2n) is 5.49. The molecule has 1 aromatic carbocycles. The summed E-state index contributed by atoms with van der Waals surface area (Å²) in [5.74, 6) is 0.469. The van der Waals surface area contributed by atoms with E-state index in [1.807, 2.05) is 0 Å². The summed E-state index contributed by atoms with van der Waals surface area (Å²) < 4.78 is 32.9. The summed E-state index contributed by atoms with van der Waals surface area (Å²) in [5.41, 5.74) is 6.45. The third kappa shape index (κ3) is 4.49. The standard InChI is InChI=1S/C14H21ClN2O3S.ClH/c1-9-7-13(20-2)12(15)8-14(9)21(18,19)17-11-5-3-10(16)4-6-11;/h7-8,10-11,17H,3-6,16H2,1-2H3;1H. The molecule has 126 valence electrons. The second-order valence-corrected chi connectivity index (χ2v) is 7.57. The van der Waals surface area contributed by atoms with Crippen LogP contribution in [0.4, 0.5) is 0 Å². The molecule has 0 atom stereocenters. The molecule has 3 N–H and O–H groups in total. The number of rotatable bonds is 4. The zero-order valence-corrected chi connectivity index (χ0v) is 15.0. The van der Waals surface area contributed by atoms with Gasteiger partial charge < -0.3 is 10.5 Å². The highest BCUT2D eigenvalue weighted by Gasteiger charge is 2.26. The predicted molar refractivity (Wildman–Crippen MR) is 90.5 cm³/mol. The lowest BCUT2D eigenvalue weighted by Gasteiger charge is -2.27. The normalized spacial score (nSPS) is 22.0. The molecule has 1 saturated carbocycles. The first kappa shape index (κ1) is 19.5. The van der Waals surface area contributed by atoms with Gasteiger partial charge in [-0.05, 0) is 50.3 Å². The fourth-order valence-corrected chi connectivity index (χ4v) is 4.47. The van der Waals surface area contributed by atoms with Gasteiger partial charge in [-0.1, -0.05) is 11.6 Å². The number of sulfonamides is 1. The van der Waals surface area contributed by atoms with Gasteiger partial charge >= 0.3 is 0 Å². The summed E-state index contributed by atoms with van der Waals surface area (Å²) in [7, 11) is -2.09. The van der Waals surface area contributed by atoms with Crippen molar-refractivity contribution in [3.8, 4) is 5.75 Å². The molecule has 0 aromatic heterocycles. The fourth-order valence-electron chi connectivity index (χ4n) is 2.60. The Hall–Kier alpha value is -0.530. The zero-order valence-electron chi connectivity index (χ0n) is 12.6. The van der Waals surface area contributed by atoms with Gasteiger partial charge in [0.2, 0.25) is 10.0 Å². The predicted octanol–water partition coefficient (Wildman–Crippen LogP) is 2.63. The van der Waals surface area contributed by atoms with E-state index in [4.69, 9.17) is 22.1 Å². The minimum atomic E-state index is -3.59. The molecule has 0 aliphatic heterocycles. The van der Waals surface area contributed by atoms with E-state index in [0.29, 0.717) is 11.3 Å². The Morgan fingerprint density at radius 3 is 2.41 bits per heavy atom. The summed E-state index contributed by atoms with van der Waals surface area (Å²) >= 11 is 6.04. The first-order valence-electron chi connectivity index (χ1n) is 6.95. The number of ether oxygens (including phenoxy) is 1. The number of methoxy groups -OCH3 is 1. The van der Waals surface area contributed by atoms with E-state index in [9.17, 15) is 8.42 Å². The van der Waals surface area contributed by atoms with Gasteiger partial charge in [0, 0.05) is 12.1 Å². The van der Waals surface area contributed by atoms with Crippen molar-refractivity contribution in [2.45, 2.75) is 49.6 Å². The van der Waals surface area contributed by atoms with Crippen LogP contribution >= 0.6 is 24.0 Å². The highest BCUT2D eigenvalue weighted by atomic mass is 35.5. The van der Waals surface area contributed by atoms with E-state index in [0.717, 1.165) is 25.7 Å². The maximum atomic E-state index is 12.5. The molecule has 1 fully saturated rings. The monoisotopic (exact) mass is 368 g/mol. The number of benzene rings is 1. The molecule has 0 spiro atoms. The quantitative estimate of drug-likeness (QED) is 0.855.